The number of aromatic nitrogens is 4. The summed E-state index contributed by atoms with van der Waals surface area (Å²) < 4.78 is 23.7. The molecular formula is C31H29FN4O2S. The third-order valence-electron chi connectivity index (χ3n) is 6.69. The fourth-order valence-electron chi connectivity index (χ4n) is 4.69. The Labute approximate surface area is 231 Å². The summed E-state index contributed by atoms with van der Waals surface area (Å²) in [6.07, 6.45) is 0.799. The van der Waals surface area contributed by atoms with Crippen LogP contribution in [0.15, 0.2) is 90.1 Å². The molecule has 5 aromatic rings. The number of ether oxygens (including phenoxy) is 1. The maximum absolute atomic E-state index is 14.5. The zero-order chi connectivity index (χ0) is 27.4. The fourth-order valence-corrected chi connectivity index (χ4v) is 5.54. The Kier molecular flexibility index (Phi) is 7.93. The maximum Gasteiger partial charge on any atom is 0.191 e. The van der Waals surface area contributed by atoms with Gasteiger partial charge in [0.05, 0.1) is 18.6 Å². The first-order valence-corrected chi connectivity index (χ1v) is 13.7. The first-order chi connectivity index (χ1) is 19.0. The van der Waals surface area contributed by atoms with Gasteiger partial charge in [-0.25, -0.2) is 4.39 Å². The van der Waals surface area contributed by atoms with Gasteiger partial charge in [0.15, 0.2) is 16.8 Å². The van der Waals surface area contributed by atoms with Gasteiger partial charge in [-0.1, -0.05) is 54.2 Å². The lowest BCUT2D eigenvalue weighted by molar-refractivity contribution is 0.102. The van der Waals surface area contributed by atoms with E-state index in [0.29, 0.717) is 28.6 Å². The van der Waals surface area contributed by atoms with Gasteiger partial charge in [0, 0.05) is 29.1 Å². The summed E-state index contributed by atoms with van der Waals surface area (Å²) in [5.74, 6) is 1.32. The molecule has 5 rings (SSSR count). The van der Waals surface area contributed by atoms with Gasteiger partial charge < -0.3 is 13.9 Å². The molecule has 2 heterocycles. The molecule has 0 radical (unpaired) electrons. The van der Waals surface area contributed by atoms with E-state index >= 15 is 0 Å². The zero-order valence-electron chi connectivity index (χ0n) is 22.1. The van der Waals surface area contributed by atoms with Crippen molar-refractivity contribution in [3.05, 3.63) is 113 Å². The molecule has 0 atom stereocenters. The van der Waals surface area contributed by atoms with Crippen LogP contribution in [0, 0.1) is 19.7 Å². The van der Waals surface area contributed by atoms with Gasteiger partial charge in [-0.15, -0.1) is 10.2 Å². The summed E-state index contributed by atoms with van der Waals surface area (Å²) in [4.78, 5) is 13.4. The first kappa shape index (κ1) is 26.4. The van der Waals surface area contributed by atoms with Crippen LogP contribution >= 0.6 is 11.8 Å². The van der Waals surface area contributed by atoms with Crippen LogP contribution in [0.2, 0.25) is 0 Å². The number of para-hydroxylation sites is 1. The van der Waals surface area contributed by atoms with Crippen molar-refractivity contribution in [2.24, 2.45) is 0 Å². The van der Waals surface area contributed by atoms with Crippen LogP contribution in [-0.4, -0.2) is 38.0 Å². The summed E-state index contributed by atoms with van der Waals surface area (Å²) in [7, 11) is 1.64. The molecule has 3 aromatic carbocycles. The van der Waals surface area contributed by atoms with Crippen molar-refractivity contribution in [3.63, 3.8) is 0 Å². The minimum absolute atomic E-state index is 0.0423. The standard InChI is InChI=1S/C31H29FN4O2S/c1-21-19-26(22(2)36(21)28-12-8-7-11-27(28)32)29(37)20-39-31-34-33-30(24-13-15-25(38-3)16-14-24)35(31)18-17-23-9-5-4-6-10-23/h4-16,19H,17-18,20H2,1-3H3. The molecule has 2 aromatic heterocycles. The molecule has 0 amide bonds. The molecule has 0 bridgehead atoms. The van der Waals surface area contributed by atoms with Crippen molar-refractivity contribution in [2.45, 2.75) is 32.0 Å². The monoisotopic (exact) mass is 540 g/mol. The van der Waals surface area contributed by atoms with Gasteiger partial charge in [-0.05, 0) is 68.3 Å². The number of hydrogen-bond acceptors (Lipinski definition) is 5. The molecule has 6 nitrogen and oxygen atoms in total. The number of Topliss-reactive ketones (excluding diaryl/α,β-unsaturated/α-hetero) is 1. The molecule has 0 unspecified atom stereocenters. The molecule has 0 aliphatic heterocycles. The Balaban J connectivity index is 1.40. The fraction of sp³-hybridized carbons (Fsp3) is 0.194. The smallest absolute Gasteiger partial charge is 0.191 e. The van der Waals surface area contributed by atoms with Crippen molar-refractivity contribution in [1.29, 1.82) is 0 Å². The summed E-state index contributed by atoms with van der Waals surface area (Å²) in [5, 5.41) is 9.61. The largest absolute Gasteiger partial charge is 0.497 e. The second-order valence-electron chi connectivity index (χ2n) is 9.21. The highest BCUT2D eigenvalue weighted by molar-refractivity contribution is 7.99. The maximum atomic E-state index is 14.5. The number of ketones is 1. The van der Waals surface area contributed by atoms with Gasteiger partial charge in [0.2, 0.25) is 0 Å². The lowest BCUT2D eigenvalue weighted by Crippen LogP contribution is -2.09. The number of rotatable bonds is 10. The van der Waals surface area contributed by atoms with Crippen molar-refractivity contribution in [3.8, 4) is 22.8 Å². The number of benzene rings is 3. The highest BCUT2D eigenvalue weighted by atomic mass is 32.2. The van der Waals surface area contributed by atoms with E-state index in [4.69, 9.17) is 4.74 Å². The van der Waals surface area contributed by atoms with Gasteiger partial charge in [0.1, 0.15) is 11.6 Å². The van der Waals surface area contributed by atoms with Crippen LogP contribution in [0.4, 0.5) is 4.39 Å². The Bertz CT molecular complexity index is 1590. The Hall–Kier alpha value is -4.17. The Morgan fingerprint density at radius 2 is 1.67 bits per heavy atom. The van der Waals surface area contributed by atoms with Crippen LogP contribution in [0.3, 0.4) is 0 Å². The molecular weight excluding hydrogens is 511 g/mol. The van der Waals surface area contributed by atoms with Crippen LogP contribution in [0.5, 0.6) is 5.75 Å². The highest BCUT2D eigenvalue weighted by Gasteiger charge is 2.21. The minimum Gasteiger partial charge on any atom is -0.497 e. The molecule has 0 fully saturated rings. The third-order valence-corrected chi connectivity index (χ3v) is 7.66. The summed E-state index contributed by atoms with van der Waals surface area (Å²) >= 11 is 1.36. The number of hydrogen-bond donors (Lipinski definition) is 0. The third kappa shape index (κ3) is 5.66. The SMILES string of the molecule is COc1ccc(-c2nnc(SCC(=O)c3cc(C)n(-c4ccccc4F)c3C)n2CCc2ccccc2)cc1. The number of aryl methyl sites for hydroxylation is 2. The molecule has 8 heteroatoms. The van der Waals surface area contributed by atoms with Crippen LogP contribution < -0.4 is 4.74 Å². The van der Waals surface area contributed by atoms with E-state index in [-0.39, 0.29) is 17.4 Å². The molecule has 39 heavy (non-hydrogen) atoms. The Morgan fingerprint density at radius 3 is 2.38 bits per heavy atom. The normalized spacial score (nSPS) is 11.1. The molecule has 198 valence electrons. The van der Waals surface area contributed by atoms with E-state index in [1.807, 2.05) is 62.4 Å². The quantitative estimate of drug-likeness (QED) is 0.145. The van der Waals surface area contributed by atoms with Crippen molar-refractivity contribution in [2.75, 3.05) is 12.9 Å². The number of methoxy groups -OCH3 is 1. The topological polar surface area (TPSA) is 61.9 Å². The average Bonchev–Trinajstić information content (AvgIpc) is 3.51. The van der Waals surface area contributed by atoms with Gasteiger partial charge in [-0.2, -0.15) is 0 Å². The number of thioether (sulfide) groups is 1. The summed E-state index contributed by atoms with van der Waals surface area (Å²) in [6, 6.07) is 26.4. The number of carbonyl (C=O) groups excluding carboxylic acids is 1. The molecule has 0 saturated carbocycles. The number of carbonyl (C=O) groups is 1. The highest BCUT2D eigenvalue weighted by Crippen LogP contribution is 2.28. The van der Waals surface area contributed by atoms with Crippen molar-refractivity contribution >= 4 is 17.5 Å². The van der Waals surface area contributed by atoms with E-state index < -0.39 is 0 Å². The molecule has 0 spiro atoms. The predicted molar refractivity (Wildman–Crippen MR) is 152 cm³/mol. The van der Waals surface area contributed by atoms with Crippen LogP contribution in [0.25, 0.3) is 17.1 Å². The van der Waals surface area contributed by atoms with Crippen molar-refractivity contribution in [1.82, 2.24) is 19.3 Å². The molecule has 0 saturated heterocycles. The van der Waals surface area contributed by atoms with E-state index in [1.54, 1.807) is 29.9 Å². The number of nitrogens with zero attached hydrogens (tertiary/aromatic N) is 4. The average molecular weight is 541 g/mol. The van der Waals surface area contributed by atoms with Gasteiger partial charge in [-0.3, -0.25) is 4.79 Å². The minimum atomic E-state index is -0.328. The first-order valence-electron chi connectivity index (χ1n) is 12.7. The molecule has 0 aliphatic rings. The van der Waals surface area contributed by atoms with Crippen LogP contribution in [0.1, 0.15) is 27.3 Å². The van der Waals surface area contributed by atoms with E-state index in [0.717, 1.165) is 29.3 Å². The van der Waals surface area contributed by atoms with E-state index in [1.165, 1.54) is 23.4 Å². The predicted octanol–water partition coefficient (Wildman–Crippen LogP) is 6.72. The zero-order valence-corrected chi connectivity index (χ0v) is 22.9. The number of halogens is 1. The molecule has 0 aliphatic carbocycles. The van der Waals surface area contributed by atoms with E-state index in [9.17, 15) is 9.18 Å². The van der Waals surface area contributed by atoms with E-state index in [2.05, 4.69) is 26.9 Å². The lowest BCUT2D eigenvalue weighted by atomic mass is 10.1. The second-order valence-corrected chi connectivity index (χ2v) is 10.1. The summed E-state index contributed by atoms with van der Waals surface area (Å²) in [6.45, 7) is 4.39. The molecule has 0 N–H and O–H groups in total. The summed E-state index contributed by atoms with van der Waals surface area (Å²) in [5.41, 5.74) is 4.66. The second kappa shape index (κ2) is 11.7. The lowest BCUT2D eigenvalue weighted by Gasteiger charge is -2.11. The van der Waals surface area contributed by atoms with Crippen LogP contribution in [-0.2, 0) is 13.0 Å². The van der Waals surface area contributed by atoms with Gasteiger partial charge >= 0.3 is 0 Å². The van der Waals surface area contributed by atoms with Crippen molar-refractivity contribution < 1.29 is 13.9 Å². The van der Waals surface area contributed by atoms with Gasteiger partial charge in [0.25, 0.3) is 0 Å². The Morgan fingerprint density at radius 1 is 0.949 bits per heavy atom.